The second-order valence-corrected chi connectivity index (χ2v) is 10.3. The van der Waals surface area contributed by atoms with Crippen molar-refractivity contribution >= 4 is 21.5 Å². The zero-order valence-corrected chi connectivity index (χ0v) is 18.4. The van der Waals surface area contributed by atoms with Crippen molar-refractivity contribution in [3.05, 3.63) is 95.2 Å². The molecule has 2 aliphatic heterocycles. The van der Waals surface area contributed by atoms with E-state index in [2.05, 4.69) is 4.90 Å². The average molecular weight is 433 g/mol. The van der Waals surface area contributed by atoms with E-state index in [0.29, 0.717) is 23.5 Å². The van der Waals surface area contributed by atoms with E-state index >= 15 is 0 Å². The van der Waals surface area contributed by atoms with Gasteiger partial charge in [0, 0.05) is 12.1 Å². The predicted octanol–water partition coefficient (Wildman–Crippen LogP) is 3.73. The van der Waals surface area contributed by atoms with E-state index in [-0.39, 0.29) is 10.7 Å². The smallest absolute Gasteiger partial charge is 0.268 e. The van der Waals surface area contributed by atoms with Crippen LogP contribution in [0.25, 0.3) is 0 Å². The van der Waals surface area contributed by atoms with Crippen LogP contribution in [0, 0.1) is 6.92 Å². The summed E-state index contributed by atoms with van der Waals surface area (Å²) in [6.07, 6.45) is 7.51. The second-order valence-electron chi connectivity index (χ2n) is 8.51. The number of anilines is 1. The van der Waals surface area contributed by atoms with Crippen LogP contribution < -0.4 is 4.31 Å². The molecule has 2 aromatic rings. The number of rotatable bonds is 2. The van der Waals surface area contributed by atoms with Gasteiger partial charge in [0.15, 0.2) is 5.78 Å². The topological polar surface area (TPSA) is 57.7 Å². The maximum atomic E-state index is 14.0. The van der Waals surface area contributed by atoms with Crippen LogP contribution in [-0.2, 0) is 20.2 Å². The Morgan fingerprint density at radius 1 is 0.968 bits per heavy atom. The SMILES string of the molecule is Cc1ccc(S(=O)(=O)N2C(=C3C=CC=CC3=O)C3(CCN(C)C3)c3ccccc32)cc1. The number of para-hydroxylation sites is 1. The molecule has 3 aliphatic rings. The molecule has 1 fully saturated rings. The van der Waals surface area contributed by atoms with Crippen LogP contribution in [0.2, 0.25) is 0 Å². The molecule has 6 heteroatoms. The lowest BCUT2D eigenvalue weighted by Crippen LogP contribution is -2.38. The van der Waals surface area contributed by atoms with Crippen molar-refractivity contribution in [3.8, 4) is 0 Å². The summed E-state index contributed by atoms with van der Waals surface area (Å²) >= 11 is 0. The number of nitrogens with zero attached hydrogens (tertiary/aromatic N) is 2. The minimum atomic E-state index is -3.92. The fourth-order valence-corrected chi connectivity index (χ4v) is 6.63. The van der Waals surface area contributed by atoms with Crippen LogP contribution >= 0.6 is 0 Å². The number of ketones is 1. The van der Waals surface area contributed by atoms with Crippen molar-refractivity contribution in [1.29, 1.82) is 0 Å². The fraction of sp³-hybridized carbons (Fsp3) is 0.240. The van der Waals surface area contributed by atoms with Gasteiger partial charge >= 0.3 is 0 Å². The van der Waals surface area contributed by atoms with Crippen LogP contribution in [-0.4, -0.2) is 39.2 Å². The van der Waals surface area contributed by atoms with Gasteiger partial charge in [0.05, 0.1) is 21.7 Å². The highest BCUT2D eigenvalue weighted by Gasteiger charge is 2.55. The van der Waals surface area contributed by atoms with Gasteiger partial charge < -0.3 is 4.90 Å². The van der Waals surface area contributed by atoms with E-state index < -0.39 is 15.4 Å². The highest BCUT2D eigenvalue weighted by atomic mass is 32.2. The van der Waals surface area contributed by atoms with Crippen molar-refractivity contribution in [2.24, 2.45) is 0 Å². The molecule has 1 unspecified atom stereocenters. The Labute approximate surface area is 183 Å². The lowest BCUT2D eigenvalue weighted by Gasteiger charge is -2.31. The van der Waals surface area contributed by atoms with Crippen LogP contribution in [0.1, 0.15) is 17.5 Å². The molecule has 1 aliphatic carbocycles. The van der Waals surface area contributed by atoms with E-state index in [4.69, 9.17) is 0 Å². The van der Waals surface area contributed by atoms with Crippen molar-refractivity contribution in [3.63, 3.8) is 0 Å². The lowest BCUT2D eigenvalue weighted by atomic mass is 9.76. The molecule has 1 saturated heterocycles. The van der Waals surface area contributed by atoms with Crippen molar-refractivity contribution in [2.45, 2.75) is 23.7 Å². The summed E-state index contributed by atoms with van der Waals surface area (Å²) < 4.78 is 29.5. The molecule has 0 saturated carbocycles. The summed E-state index contributed by atoms with van der Waals surface area (Å²) in [5, 5.41) is 0. The van der Waals surface area contributed by atoms with E-state index in [0.717, 1.165) is 24.1 Å². The summed E-state index contributed by atoms with van der Waals surface area (Å²) in [7, 11) is -1.89. The van der Waals surface area contributed by atoms with Gasteiger partial charge in [0.2, 0.25) is 0 Å². The normalized spacial score (nSPS) is 25.6. The van der Waals surface area contributed by atoms with Gasteiger partial charge in [0.25, 0.3) is 10.0 Å². The van der Waals surface area contributed by atoms with Gasteiger partial charge in [-0.2, -0.15) is 0 Å². The summed E-state index contributed by atoms with van der Waals surface area (Å²) in [6.45, 7) is 3.42. The minimum Gasteiger partial charge on any atom is -0.305 e. The van der Waals surface area contributed by atoms with Crippen molar-refractivity contribution < 1.29 is 13.2 Å². The summed E-state index contributed by atoms with van der Waals surface area (Å²) in [6, 6.07) is 14.5. The molecule has 5 nitrogen and oxygen atoms in total. The number of sulfonamides is 1. The second kappa shape index (κ2) is 7.04. The van der Waals surface area contributed by atoms with Crippen LogP contribution in [0.15, 0.2) is 89.0 Å². The fourth-order valence-electron chi connectivity index (χ4n) is 5.01. The first-order chi connectivity index (χ1) is 14.8. The Hall–Kier alpha value is -2.96. The first-order valence-electron chi connectivity index (χ1n) is 10.4. The van der Waals surface area contributed by atoms with E-state index in [1.807, 2.05) is 38.2 Å². The summed E-state index contributed by atoms with van der Waals surface area (Å²) in [5.41, 5.74) is 3.06. The number of fused-ring (bicyclic) bond motifs is 2. The number of carbonyl (C=O) groups excluding carboxylic acids is 1. The van der Waals surface area contributed by atoms with Gasteiger partial charge in [-0.25, -0.2) is 12.7 Å². The molecule has 2 aromatic carbocycles. The van der Waals surface area contributed by atoms with Crippen molar-refractivity contribution in [2.75, 3.05) is 24.4 Å². The summed E-state index contributed by atoms with van der Waals surface area (Å²) in [5.74, 6) is -0.164. The Kier molecular flexibility index (Phi) is 4.53. The third-order valence-electron chi connectivity index (χ3n) is 6.46. The average Bonchev–Trinajstić information content (AvgIpc) is 3.28. The van der Waals surface area contributed by atoms with Gasteiger partial charge in [-0.05, 0) is 62.9 Å². The molecule has 158 valence electrons. The van der Waals surface area contributed by atoms with Gasteiger partial charge in [-0.3, -0.25) is 4.79 Å². The third-order valence-corrected chi connectivity index (χ3v) is 8.18. The number of likely N-dealkylation sites (tertiary alicyclic amines) is 1. The predicted molar refractivity (Wildman–Crippen MR) is 121 cm³/mol. The number of allylic oxidation sites excluding steroid dienone is 5. The van der Waals surface area contributed by atoms with Gasteiger partial charge in [-0.1, -0.05) is 48.0 Å². The highest BCUT2D eigenvalue weighted by molar-refractivity contribution is 7.93. The number of likely N-dealkylation sites (N-methyl/N-ethyl adjacent to an activating group) is 1. The maximum Gasteiger partial charge on any atom is 0.268 e. The van der Waals surface area contributed by atoms with Gasteiger partial charge in [0.1, 0.15) is 0 Å². The monoisotopic (exact) mass is 432 g/mol. The number of aryl methyl sites for hydroxylation is 1. The maximum absolute atomic E-state index is 14.0. The zero-order chi connectivity index (χ0) is 21.8. The molecule has 0 bridgehead atoms. The third kappa shape index (κ3) is 2.93. The van der Waals surface area contributed by atoms with Crippen LogP contribution in [0.5, 0.6) is 0 Å². The van der Waals surface area contributed by atoms with Crippen LogP contribution in [0.4, 0.5) is 5.69 Å². The Balaban J connectivity index is 1.83. The molecule has 0 radical (unpaired) electrons. The molecule has 0 N–H and O–H groups in total. The number of hydrogen-bond acceptors (Lipinski definition) is 4. The molecular formula is C25H24N2O3S. The molecule has 5 rings (SSSR count). The standard InChI is InChI=1S/C25H24N2O3S/c1-18-11-13-19(14-12-18)31(29,30)27-22-9-5-4-8-21(22)25(15-16-26(2)17-25)24(27)20-7-3-6-10-23(20)28/h3-14H,15-17H2,1-2H3. The first kappa shape index (κ1) is 20.0. The zero-order valence-electron chi connectivity index (χ0n) is 17.6. The molecule has 1 atom stereocenters. The number of benzene rings is 2. The number of carbonyl (C=O) groups is 1. The molecule has 0 aromatic heterocycles. The quantitative estimate of drug-likeness (QED) is 0.679. The van der Waals surface area contributed by atoms with Crippen LogP contribution in [0.3, 0.4) is 0 Å². The molecule has 31 heavy (non-hydrogen) atoms. The summed E-state index contributed by atoms with van der Waals surface area (Å²) in [4.78, 5) is 15.4. The molecule has 1 spiro atoms. The van der Waals surface area contributed by atoms with E-state index in [1.54, 1.807) is 42.5 Å². The Morgan fingerprint density at radius 2 is 1.68 bits per heavy atom. The highest BCUT2D eigenvalue weighted by Crippen LogP contribution is 2.55. The Morgan fingerprint density at radius 3 is 2.35 bits per heavy atom. The lowest BCUT2D eigenvalue weighted by molar-refractivity contribution is -0.111. The minimum absolute atomic E-state index is 0.164. The van der Waals surface area contributed by atoms with Crippen molar-refractivity contribution in [1.82, 2.24) is 4.90 Å². The van der Waals surface area contributed by atoms with E-state index in [1.165, 1.54) is 10.4 Å². The largest absolute Gasteiger partial charge is 0.305 e. The first-order valence-corrected chi connectivity index (χ1v) is 11.8. The molecule has 2 heterocycles. The molecular weight excluding hydrogens is 408 g/mol. The molecule has 0 amide bonds. The number of hydrogen-bond donors (Lipinski definition) is 0. The Bertz CT molecular complexity index is 1270. The van der Waals surface area contributed by atoms with Gasteiger partial charge in [-0.15, -0.1) is 0 Å². The van der Waals surface area contributed by atoms with E-state index in [9.17, 15) is 13.2 Å².